The number of carbonyl (C=O) groups is 6. The van der Waals surface area contributed by atoms with E-state index in [0.29, 0.717) is 16.7 Å². The van der Waals surface area contributed by atoms with Crippen molar-refractivity contribution >= 4 is 48.2 Å². The molecule has 69 heavy (non-hydrogen) atoms. The third kappa shape index (κ3) is 9.35. The lowest BCUT2D eigenvalue weighted by Gasteiger charge is -2.67. The lowest BCUT2D eigenvalue weighted by molar-refractivity contribution is -0.346. The summed E-state index contributed by atoms with van der Waals surface area (Å²) in [6, 6.07) is 20.5. The van der Waals surface area contributed by atoms with E-state index in [1.165, 1.54) is 26.0 Å². The Bertz CT molecular complexity index is 2450. The molecule has 0 aromatic heterocycles. The van der Waals surface area contributed by atoms with Gasteiger partial charge in [-0.05, 0) is 73.9 Å². The van der Waals surface area contributed by atoms with Crippen LogP contribution in [0.2, 0.25) is 0 Å². The number of fused-ring (bicyclic) bond motifs is 5. The first-order valence-electron chi connectivity index (χ1n) is 23.2. The first-order valence-corrected chi connectivity index (χ1v) is 23.8. The minimum absolute atomic E-state index is 0.00702. The van der Waals surface area contributed by atoms with Gasteiger partial charge in [0.15, 0.2) is 17.5 Å². The van der Waals surface area contributed by atoms with Gasteiger partial charge >= 0.3 is 23.9 Å². The molecule has 17 heteroatoms. The summed E-state index contributed by atoms with van der Waals surface area (Å²) in [5.41, 5.74) is -6.50. The van der Waals surface area contributed by atoms with E-state index in [-0.39, 0.29) is 49.6 Å². The number of halogens is 1. The van der Waals surface area contributed by atoms with Gasteiger partial charge in [0.05, 0.1) is 36.2 Å². The predicted octanol–water partition coefficient (Wildman–Crippen LogP) is 6.26. The van der Waals surface area contributed by atoms with Crippen LogP contribution in [0.1, 0.15) is 100 Å². The lowest BCUT2D eigenvalue weighted by Crippen LogP contribution is -2.82. The van der Waals surface area contributed by atoms with Crippen molar-refractivity contribution < 1.29 is 71.4 Å². The Morgan fingerprint density at radius 2 is 1.57 bits per heavy atom. The summed E-state index contributed by atoms with van der Waals surface area (Å²) in [5.74, 6) is -6.62. The van der Waals surface area contributed by atoms with E-state index in [9.17, 15) is 33.5 Å². The molecule has 3 aromatic carbocycles. The van der Waals surface area contributed by atoms with E-state index in [2.05, 4.69) is 17.9 Å². The number of amides is 1. The predicted molar refractivity (Wildman–Crippen MR) is 249 cm³/mol. The molecular formula is C52H60FNO14S. The molecule has 370 valence electrons. The number of rotatable bonds is 16. The number of benzene rings is 3. The number of esters is 4. The van der Waals surface area contributed by atoms with Gasteiger partial charge in [0.2, 0.25) is 0 Å². The monoisotopic (exact) mass is 973 g/mol. The Morgan fingerprint density at radius 1 is 0.913 bits per heavy atom. The fourth-order valence-corrected chi connectivity index (χ4v) is 11.1. The van der Waals surface area contributed by atoms with Crippen LogP contribution in [0.15, 0.2) is 96.1 Å². The highest BCUT2D eigenvalue weighted by Crippen LogP contribution is 2.65. The molecule has 0 spiro atoms. The van der Waals surface area contributed by atoms with Gasteiger partial charge in [0.1, 0.15) is 41.9 Å². The summed E-state index contributed by atoms with van der Waals surface area (Å²) in [5, 5.41) is 17.0. The van der Waals surface area contributed by atoms with Crippen LogP contribution in [-0.2, 0) is 52.3 Å². The molecule has 1 heterocycles. The van der Waals surface area contributed by atoms with Crippen LogP contribution >= 0.6 is 12.6 Å². The van der Waals surface area contributed by atoms with Gasteiger partial charge in [0, 0.05) is 49.5 Å². The molecule has 0 radical (unpaired) electrons. The van der Waals surface area contributed by atoms with E-state index in [4.69, 9.17) is 33.2 Å². The maximum atomic E-state index is 16.1. The van der Waals surface area contributed by atoms with Crippen molar-refractivity contribution in [2.45, 2.75) is 122 Å². The highest BCUT2D eigenvalue weighted by Gasteiger charge is 2.79. The first-order chi connectivity index (χ1) is 32.8. The molecule has 3 fully saturated rings. The van der Waals surface area contributed by atoms with Crippen LogP contribution in [0, 0.1) is 22.6 Å². The van der Waals surface area contributed by atoms with E-state index in [0.717, 1.165) is 12.1 Å². The van der Waals surface area contributed by atoms with Gasteiger partial charge in [-0.3, -0.25) is 19.2 Å². The molecule has 2 bridgehead atoms. The van der Waals surface area contributed by atoms with Gasteiger partial charge < -0.3 is 43.6 Å². The van der Waals surface area contributed by atoms with Gasteiger partial charge in [-0.1, -0.05) is 69.3 Å². The van der Waals surface area contributed by atoms with Crippen LogP contribution in [0.5, 0.6) is 0 Å². The summed E-state index contributed by atoms with van der Waals surface area (Å²) in [6.45, 7) is 10.5. The molecule has 1 unspecified atom stereocenters. The number of thiol groups is 1. The normalized spacial score (nSPS) is 29.9. The summed E-state index contributed by atoms with van der Waals surface area (Å²) in [7, 11) is 0. The van der Waals surface area contributed by atoms with Crippen molar-refractivity contribution in [1.82, 2.24) is 5.32 Å². The maximum absolute atomic E-state index is 16.1. The second kappa shape index (κ2) is 20.5. The van der Waals surface area contributed by atoms with Crippen molar-refractivity contribution in [2.24, 2.45) is 16.7 Å². The number of nitrogens with one attached hydrogen (secondary N) is 1. The molecule has 15 nitrogen and oxygen atoms in total. The number of carbonyl (C=O) groups excluding carboxylic acids is 6. The Kier molecular flexibility index (Phi) is 15.3. The van der Waals surface area contributed by atoms with Gasteiger partial charge in [-0.2, -0.15) is 12.6 Å². The molecule has 2 saturated carbocycles. The molecule has 3 aliphatic carbocycles. The van der Waals surface area contributed by atoms with E-state index >= 15 is 4.79 Å². The number of Topliss-reactive ketones (excluding diaryl/α,β-unsaturated/α-hetero) is 1. The Balaban J connectivity index is 1.44. The Labute approximate surface area is 406 Å². The smallest absolute Gasteiger partial charge is 0.338 e. The highest BCUT2D eigenvalue weighted by atomic mass is 32.1. The topological polar surface area (TPSA) is 199 Å². The van der Waals surface area contributed by atoms with Gasteiger partial charge in [-0.15, -0.1) is 0 Å². The summed E-state index contributed by atoms with van der Waals surface area (Å²) >= 11 is 4.40. The van der Waals surface area contributed by atoms with Crippen molar-refractivity contribution in [2.75, 3.05) is 25.6 Å². The SMILES string of the molecule is CCO[C@@H](C(=O)O[C@H]1C[C@@]2(O)[C@@H](OC(=O)c3ccc(F)cc3)C3[C@](C)(C(=O)[C@H](OCCS)C(=C1C)C2(C)C)[C@@H](OC(=O)CC)C[C@H]1OC[C@@]31OC(C)=O)[C@@H](NC(=O)c1ccccc1)c1ccccc1. The Hall–Kier alpha value is -5.46. The fourth-order valence-electron chi connectivity index (χ4n) is 11.0. The van der Waals surface area contributed by atoms with Gasteiger partial charge in [-0.25, -0.2) is 14.0 Å². The number of hydrogen-bond donors (Lipinski definition) is 3. The third-order valence-corrected chi connectivity index (χ3v) is 14.7. The van der Waals surface area contributed by atoms with E-state index in [1.54, 1.807) is 95.3 Å². The van der Waals surface area contributed by atoms with Crippen molar-refractivity contribution in [3.05, 3.63) is 119 Å². The van der Waals surface area contributed by atoms with Crippen molar-refractivity contribution in [3.8, 4) is 0 Å². The first kappa shape index (κ1) is 51.4. The van der Waals surface area contributed by atoms with Gasteiger partial charge in [0.25, 0.3) is 5.91 Å². The second-order valence-corrected chi connectivity index (χ2v) is 19.2. The van der Waals surface area contributed by atoms with Crippen LogP contribution < -0.4 is 5.32 Å². The quantitative estimate of drug-likeness (QED) is 0.0629. The second-order valence-electron chi connectivity index (χ2n) is 18.7. The molecule has 2 N–H and O–H groups in total. The minimum atomic E-state index is -2.37. The molecule has 7 rings (SSSR count). The number of hydrogen-bond acceptors (Lipinski definition) is 15. The zero-order valence-corrected chi connectivity index (χ0v) is 40.6. The number of aliphatic hydroxyl groups is 1. The zero-order chi connectivity index (χ0) is 50.1. The van der Waals surface area contributed by atoms with Crippen LogP contribution in [0.3, 0.4) is 0 Å². The molecule has 3 aromatic rings. The largest absolute Gasteiger partial charge is 0.461 e. The number of ether oxygens (including phenoxy) is 7. The zero-order valence-electron chi connectivity index (χ0n) is 39.7. The minimum Gasteiger partial charge on any atom is -0.461 e. The molecule has 4 aliphatic rings. The van der Waals surface area contributed by atoms with Crippen molar-refractivity contribution in [1.29, 1.82) is 0 Å². The fraction of sp³-hybridized carbons (Fsp3) is 0.500. The van der Waals surface area contributed by atoms with Crippen LogP contribution in [0.4, 0.5) is 4.39 Å². The molecule has 11 atom stereocenters. The Morgan fingerprint density at radius 3 is 2.14 bits per heavy atom. The molecular weight excluding hydrogens is 914 g/mol. The van der Waals surface area contributed by atoms with Crippen LogP contribution in [0.25, 0.3) is 0 Å². The average Bonchev–Trinajstić information content (AvgIpc) is 3.32. The summed E-state index contributed by atoms with van der Waals surface area (Å²) in [6.07, 6.45) is -9.29. The maximum Gasteiger partial charge on any atom is 0.338 e. The summed E-state index contributed by atoms with van der Waals surface area (Å²) in [4.78, 5) is 86.0. The number of ketones is 1. The highest BCUT2D eigenvalue weighted by molar-refractivity contribution is 7.80. The summed E-state index contributed by atoms with van der Waals surface area (Å²) < 4.78 is 58.3. The molecule has 1 amide bonds. The average molecular weight is 974 g/mol. The lowest BCUT2D eigenvalue weighted by atomic mass is 9.44. The molecule has 1 saturated heterocycles. The standard InChI is InChI=1S/C52H60FNO14S/c1-8-38(56)66-36-26-37-51(28-64-37,68-30(4)55)43-45(67-47(59)33-20-22-34(53)23-21-33)52(61)27-35(29(3)39(49(52,5)6)41(63-24-25-69)44(57)50(36,43)7)65-48(60)42(62-9-2)40(31-16-12-10-13-17-31)54-46(58)32-18-14-11-15-19-32/h10-23,35-37,40-43,45,61,69H,8-9,24-28H2,1-7H3,(H,54,58)/t35-,36-,37+,40-,41+,42+,43?,45-,50+,51-,52+/m0/s1. The molecule has 1 aliphatic heterocycles. The third-order valence-electron chi connectivity index (χ3n) is 14.5. The van der Waals surface area contributed by atoms with E-state index in [1.807, 2.05) is 0 Å². The van der Waals surface area contributed by atoms with E-state index < -0.39 is 118 Å². The van der Waals surface area contributed by atoms with Crippen molar-refractivity contribution in [3.63, 3.8) is 0 Å². The van der Waals surface area contributed by atoms with Crippen LogP contribution in [-0.4, -0.2) is 114 Å².